The zero-order valence-corrected chi connectivity index (χ0v) is 16.7. The van der Waals surface area contributed by atoms with E-state index in [0.717, 1.165) is 0 Å². The molecule has 0 aromatic heterocycles. The number of carbonyl (C=O) groups excluding carboxylic acids is 2. The molecule has 3 aromatic rings. The van der Waals surface area contributed by atoms with E-state index in [9.17, 15) is 9.59 Å². The number of hydrogen-bond donors (Lipinski definition) is 2. The van der Waals surface area contributed by atoms with E-state index < -0.39 is 0 Å². The van der Waals surface area contributed by atoms with Crippen LogP contribution in [0.2, 0.25) is 0 Å². The largest absolute Gasteiger partial charge is 0.455 e. The Labute approximate surface area is 170 Å². The van der Waals surface area contributed by atoms with Crippen molar-refractivity contribution in [1.29, 1.82) is 0 Å². The van der Waals surface area contributed by atoms with Gasteiger partial charge in [-0.05, 0) is 63.2 Å². The molecule has 5 nitrogen and oxygen atoms in total. The van der Waals surface area contributed by atoms with E-state index in [1.54, 1.807) is 36.4 Å². The van der Waals surface area contributed by atoms with Crippen LogP contribution in [-0.2, 0) is 0 Å². The van der Waals surface area contributed by atoms with Gasteiger partial charge in [0.25, 0.3) is 11.8 Å². The monoisotopic (exact) mass is 388 g/mol. The maximum absolute atomic E-state index is 12.8. The number of hydrogen-bond acceptors (Lipinski definition) is 3. The molecule has 0 atom stereocenters. The summed E-state index contributed by atoms with van der Waals surface area (Å²) in [7, 11) is 0. The van der Waals surface area contributed by atoms with Crippen molar-refractivity contribution >= 4 is 17.5 Å². The Morgan fingerprint density at radius 3 is 2.07 bits per heavy atom. The van der Waals surface area contributed by atoms with Crippen LogP contribution in [0, 0.1) is 0 Å². The third kappa shape index (κ3) is 5.69. The van der Waals surface area contributed by atoms with Gasteiger partial charge in [-0.15, -0.1) is 0 Å². The Bertz CT molecular complexity index is 1010. The highest BCUT2D eigenvalue weighted by atomic mass is 16.5. The predicted octanol–water partition coefficient (Wildman–Crippen LogP) is 5.26. The summed E-state index contributed by atoms with van der Waals surface area (Å²) >= 11 is 0. The van der Waals surface area contributed by atoms with E-state index in [1.165, 1.54) is 0 Å². The summed E-state index contributed by atoms with van der Waals surface area (Å²) in [5.74, 6) is 0.670. The molecule has 0 aliphatic heterocycles. The van der Waals surface area contributed by atoms with E-state index in [2.05, 4.69) is 10.6 Å². The van der Waals surface area contributed by atoms with Gasteiger partial charge in [-0.2, -0.15) is 0 Å². The van der Waals surface area contributed by atoms with Crippen molar-refractivity contribution in [3.8, 4) is 11.5 Å². The molecule has 2 amide bonds. The molecule has 0 fully saturated rings. The van der Waals surface area contributed by atoms with Crippen LogP contribution in [0.15, 0.2) is 78.9 Å². The number of nitrogens with one attached hydrogen (secondary N) is 2. The molecule has 0 saturated heterocycles. The van der Waals surface area contributed by atoms with Crippen LogP contribution in [-0.4, -0.2) is 17.4 Å². The van der Waals surface area contributed by atoms with Crippen LogP contribution in [0.25, 0.3) is 0 Å². The Kier molecular flexibility index (Phi) is 5.98. The van der Waals surface area contributed by atoms with Crippen molar-refractivity contribution in [2.75, 3.05) is 5.32 Å². The second kappa shape index (κ2) is 8.61. The van der Waals surface area contributed by atoms with Crippen LogP contribution in [0.5, 0.6) is 11.5 Å². The topological polar surface area (TPSA) is 67.4 Å². The summed E-state index contributed by atoms with van der Waals surface area (Å²) in [6, 6.07) is 23.2. The zero-order chi connectivity index (χ0) is 20.9. The van der Waals surface area contributed by atoms with Crippen LogP contribution in [0.4, 0.5) is 5.69 Å². The molecule has 0 radical (unpaired) electrons. The molecular weight excluding hydrogens is 364 g/mol. The quantitative estimate of drug-likeness (QED) is 0.626. The molecule has 5 heteroatoms. The first-order valence-electron chi connectivity index (χ1n) is 9.38. The van der Waals surface area contributed by atoms with E-state index in [-0.39, 0.29) is 17.4 Å². The molecule has 0 heterocycles. The van der Waals surface area contributed by atoms with Crippen molar-refractivity contribution in [3.63, 3.8) is 0 Å². The van der Waals surface area contributed by atoms with Crippen LogP contribution in [0.1, 0.15) is 41.5 Å². The first-order valence-corrected chi connectivity index (χ1v) is 9.38. The Morgan fingerprint density at radius 2 is 1.38 bits per heavy atom. The average molecular weight is 388 g/mol. The minimum Gasteiger partial charge on any atom is -0.455 e. The maximum atomic E-state index is 12.8. The third-order valence-electron chi connectivity index (χ3n) is 3.98. The second-order valence-corrected chi connectivity index (χ2v) is 7.65. The van der Waals surface area contributed by atoms with Gasteiger partial charge in [0.2, 0.25) is 0 Å². The first kappa shape index (κ1) is 20.1. The van der Waals surface area contributed by atoms with Gasteiger partial charge in [0.1, 0.15) is 5.75 Å². The lowest BCUT2D eigenvalue weighted by molar-refractivity contribution is 0.0919. The molecule has 3 rings (SSSR count). The normalized spacial score (nSPS) is 10.9. The van der Waals surface area contributed by atoms with Gasteiger partial charge in [0.05, 0.1) is 5.69 Å². The fourth-order valence-corrected chi connectivity index (χ4v) is 2.68. The highest BCUT2D eigenvalue weighted by Crippen LogP contribution is 2.29. The predicted molar refractivity (Wildman–Crippen MR) is 115 cm³/mol. The maximum Gasteiger partial charge on any atom is 0.255 e. The molecule has 0 aliphatic rings. The van der Waals surface area contributed by atoms with Gasteiger partial charge in [0, 0.05) is 16.7 Å². The number of para-hydroxylation sites is 3. The van der Waals surface area contributed by atoms with E-state index in [1.807, 2.05) is 63.2 Å². The molecule has 0 saturated carbocycles. The van der Waals surface area contributed by atoms with Crippen LogP contribution < -0.4 is 15.4 Å². The number of ether oxygens (including phenoxy) is 1. The molecule has 0 spiro atoms. The minimum atomic E-state index is -0.358. The minimum absolute atomic E-state index is 0.222. The Hall–Kier alpha value is -3.60. The third-order valence-corrected chi connectivity index (χ3v) is 3.98. The molecular formula is C24H24N2O3. The smallest absolute Gasteiger partial charge is 0.255 e. The van der Waals surface area contributed by atoms with E-state index in [4.69, 9.17) is 4.74 Å². The molecule has 29 heavy (non-hydrogen) atoms. The van der Waals surface area contributed by atoms with Gasteiger partial charge < -0.3 is 15.4 Å². The van der Waals surface area contributed by atoms with Gasteiger partial charge in [0.15, 0.2) is 5.75 Å². The molecule has 148 valence electrons. The zero-order valence-electron chi connectivity index (χ0n) is 16.7. The lowest BCUT2D eigenvalue weighted by Gasteiger charge is -2.20. The lowest BCUT2D eigenvalue weighted by atomic mass is 10.1. The number of amides is 2. The van der Waals surface area contributed by atoms with Gasteiger partial charge in [-0.1, -0.05) is 36.4 Å². The summed E-state index contributed by atoms with van der Waals surface area (Å²) in [5, 5.41) is 5.76. The number of benzene rings is 3. The average Bonchev–Trinajstić information content (AvgIpc) is 2.69. The number of carbonyl (C=O) groups is 2. The standard InChI is InChI=1S/C24H24N2O3/c1-24(2,3)26-23(28)18-11-9-10-17(16-18)22(27)25-20-14-7-8-15-21(20)29-19-12-5-4-6-13-19/h4-16H,1-3H3,(H,25,27)(H,26,28). The summed E-state index contributed by atoms with van der Waals surface area (Å²) in [6.45, 7) is 5.72. The van der Waals surface area contributed by atoms with Crippen molar-refractivity contribution in [1.82, 2.24) is 5.32 Å². The Balaban J connectivity index is 1.78. The lowest BCUT2D eigenvalue weighted by Crippen LogP contribution is -2.40. The number of anilines is 1. The van der Waals surface area contributed by atoms with Crippen molar-refractivity contribution in [2.24, 2.45) is 0 Å². The first-order chi connectivity index (χ1) is 13.8. The van der Waals surface area contributed by atoms with E-state index >= 15 is 0 Å². The van der Waals surface area contributed by atoms with Gasteiger partial charge in [-0.25, -0.2) is 0 Å². The van der Waals surface area contributed by atoms with Crippen molar-refractivity contribution in [2.45, 2.75) is 26.3 Å². The Morgan fingerprint density at radius 1 is 0.759 bits per heavy atom. The molecule has 0 aliphatic carbocycles. The van der Waals surface area contributed by atoms with Crippen molar-refractivity contribution < 1.29 is 14.3 Å². The summed E-state index contributed by atoms with van der Waals surface area (Å²) < 4.78 is 5.88. The molecule has 0 bridgehead atoms. The molecule has 3 aromatic carbocycles. The summed E-state index contributed by atoms with van der Waals surface area (Å²) in [5.41, 5.74) is 1.01. The fourth-order valence-electron chi connectivity index (χ4n) is 2.68. The van der Waals surface area contributed by atoms with Gasteiger partial charge in [-0.3, -0.25) is 9.59 Å². The fraction of sp³-hybridized carbons (Fsp3) is 0.167. The van der Waals surface area contributed by atoms with Gasteiger partial charge >= 0.3 is 0 Å². The summed E-state index contributed by atoms with van der Waals surface area (Å²) in [6.07, 6.45) is 0. The molecule has 0 unspecified atom stereocenters. The second-order valence-electron chi connectivity index (χ2n) is 7.65. The SMILES string of the molecule is CC(C)(C)NC(=O)c1cccc(C(=O)Nc2ccccc2Oc2ccccc2)c1. The van der Waals surface area contributed by atoms with Crippen molar-refractivity contribution in [3.05, 3.63) is 90.0 Å². The number of rotatable bonds is 5. The van der Waals surface area contributed by atoms with E-state index in [0.29, 0.717) is 28.3 Å². The van der Waals surface area contributed by atoms with Crippen LogP contribution >= 0.6 is 0 Å². The highest BCUT2D eigenvalue weighted by Gasteiger charge is 2.17. The van der Waals surface area contributed by atoms with Crippen LogP contribution in [0.3, 0.4) is 0 Å². The summed E-state index contributed by atoms with van der Waals surface area (Å²) in [4.78, 5) is 25.2. The molecule has 2 N–H and O–H groups in total. The highest BCUT2D eigenvalue weighted by molar-refractivity contribution is 6.06.